The Morgan fingerprint density at radius 3 is 2.15 bits per heavy atom. The van der Waals surface area contributed by atoms with Gasteiger partial charge in [0.25, 0.3) is 11.8 Å². The van der Waals surface area contributed by atoms with Gasteiger partial charge in [0.2, 0.25) is 0 Å². The van der Waals surface area contributed by atoms with Gasteiger partial charge in [0, 0.05) is 32.4 Å². The summed E-state index contributed by atoms with van der Waals surface area (Å²) in [5, 5.41) is 0. The predicted molar refractivity (Wildman–Crippen MR) is 106 cm³/mol. The van der Waals surface area contributed by atoms with Crippen LogP contribution in [0.4, 0.5) is 10.5 Å². The number of nitrogens with zero attached hydrogens (tertiary/aromatic N) is 3. The highest BCUT2D eigenvalue weighted by Gasteiger charge is 2.38. The van der Waals surface area contributed by atoms with E-state index in [0.717, 1.165) is 27.3 Å². The molecule has 1 atom stereocenters. The number of aryl methyl sites for hydroxylation is 1. The Labute approximate surface area is 160 Å². The summed E-state index contributed by atoms with van der Waals surface area (Å²) in [5.74, 6) is -0.758. The topological polar surface area (TPSA) is 60.9 Å². The van der Waals surface area contributed by atoms with Gasteiger partial charge in [-0.2, -0.15) is 0 Å². The normalized spacial score (nSPS) is 22.3. The molecule has 0 spiro atoms. The number of carbonyl (C=O) groups is 3. The molecule has 0 aromatic heterocycles. The van der Waals surface area contributed by atoms with Crippen molar-refractivity contribution >= 4 is 29.6 Å². The highest BCUT2D eigenvalue weighted by atomic mass is 16.2. The number of urea groups is 1. The van der Waals surface area contributed by atoms with Gasteiger partial charge in [0.15, 0.2) is 0 Å². The summed E-state index contributed by atoms with van der Waals surface area (Å²) in [7, 11) is 4.88. The van der Waals surface area contributed by atoms with E-state index in [-0.39, 0.29) is 11.1 Å². The summed E-state index contributed by atoms with van der Waals surface area (Å²) >= 11 is 0. The molecule has 0 aliphatic carbocycles. The number of anilines is 1. The molecular formula is C21H27N3O3. The molecule has 0 unspecified atom stereocenters. The van der Waals surface area contributed by atoms with E-state index in [1.165, 1.54) is 25.3 Å². The van der Waals surface area contributed by atoms with Crippen LogP contribution in [0.5, 0.6) is 0 Å². The Morgan fingerprint density at radius 2 is 1.59 bits per heavy atom. The third-order valence-electron chi connectivity index (χ3n) is 5.97. The van der Waals surface area contributed by atoms with Crippen molar-refractivity contribution in [3.05, 3.63) is 34.4 Å². The number of amides is 4. The SMILES string of the molecule is Cc1cc2c(cc1C=C1C(=O)N(C)C(=O)N(C)C1=O)[C@@H](C)CC(C)(C)N2C. The number of likely N-dealkylation sites (N-methyl/N-ethyl adjacent to an activating group) is 2. The minimum Gasteiger partial charge on any atom is -0.369 e. The van der Waals surface area contributed by atoms with E-state index in [1.54, 1.807) is 6.08 Å². The van der Waals surface area contributed by atoms with Crippen molar-refractivity contribution in [2.45, 2.75) is 45.6 Å². The smallest absolute Gasteiger partial charge is 0.333 e. The second kappa shape index (κ2) is 6.22. The van der Waals surface area contributed by atoms with Crippen molar-refractivity contribution in [1.29, 1.82) is 0 Å². The molecule has 6 nitrogen and oxygen atoms in total. The van der Waals surface area contributed by atoms with Crippen molar-refractivity contribution in [2.24, 2.45) is 0 Å². The number of benzene rings is 1. The molecule has 2 aliphatic heterocycles. The van der Waals surface area contributed by atoms with Gasteiger partial charge in [-0.05, 0) is 68.0 Å². The minimum absolute atomic E-state index is 0.0137. The van der Waals surface area contributed by atoms with E-state index in [2.05, 4.69) is 44.9 Å². The second-order valence-corrected chi connectivity index (χ2v) is 8.31. The van der Waals surface area contributed by atoms with Crippen LogP contribution in [0.2, 0.25) is 0 Å². The van der Waals surface area contributed by atoms with Gasteiger partial charge in [-0.3, -0.25) is 19.4 Å². The Balaban J connectivity index is 2.10. The predicted octanol–water partition coefficient (Wildman–Crippen LogP) is 3.15. The molecule has 6 heteroatoms. The monoisotopic (exact) mass is 369 g/mol. The van der Waals surface area contributed by atoms with Crippen molar-refractivity contribution in [2.75, 3.05) is 26.0 Å². The lowest BCUT2D eigenvalue weighted by Gasteiger charge is -2.45. The van der Waals surface area contributed by atoms with Crippen LogP contribution in [0.25, 0.3) is 6.08 Å². The molecule has 1 fully saturated rings. The van der Waals surface area contributed by atoms with E-state index in [9.17, 15) is 14.4 Å². The third-order valence-corrected chi connectivity index (χ3v) is 5.97. The zero-order chi connectivity index (χ0) is 20.3. The number of rotatable bonds is 1. The number of fused-ring (bicyclic) bond motifs is 1. The zero-order valence-corrected chi connectivity index (χ0v) is 17.1. The maximum Gasteiger partial charge on any atom is 0.333 e. The molecule has 27 heavy (non-hydrogen) atoms. The average molecular weight is 369 g/mol. The van der Waals surface area contributed by atoms with E-state index in [0.29, 0.717) is 5.92 Å². The molecular weight excluding hydrogens is 342 g/mol. The molecule has 2 aliphatic rings. The lowest BCUT2D eigenvalue weighted by Crippen LogP contribution is -2.52. The maximum absolute atomic E-state index is 12.5. The van der Waals surface area contributed by atoms with Gasteiger partial charge in [-0.1, -0.05) is 6.92 Å². The minimum atomic E-state index is -0.609. The number of hydrogen-bond donors (Lipinski definition) is 0. The highest BCUT2D eigenvalue weighted by Crippen LogP contribution is 2.43. The number of imide groups is 2. The molecule has 4 amide bonds. The maximum atomic E-state index is 12.5. The van der Waals surface area contributed by atoms with E-state index in [1.807, 2.05) is 6.92 Å². The summed E-state index contributed by atoms with van der Waals surface area (Å²) in [6, 6.07) is 3.59. The van der Waals surface area contributed by atoms with Crippen molar-refractivity contribution < 1.29 is 14.4 Å². The van der Waals surface area contributed by atoms with Gasteiger partial charge >= 0.3 is 6.03 Å². The highest BCUT2D eigenvalue weighted by molar-refractivity contribution is 6.30. The zero-order valence-electron chi connectivity index (χ0n) is 17.1. The van der Waals surface area contributed by atoms with Gasteiger partial charge in [0.05, 0.1) is 0 Å². The summed E-state index contributed by atoms with van der Waals surface area (Å²) in [5.41, 5.74) is 4.30. The molecule has 3 rings (SSSR count). The molecule has 2 heterocycles. The summed E-state index contributed by atoms with van der Waals surface area (Å²) in [4.78, 5) is 41.1. The average Bonchev–Trinajstić information content (AvgIpc) is 2.60. The second-order valence-electron chi connectivity index (χ2n) is 8.31. The van der Waals surface area contributed by atoms with Crippen molar-refractivity contribution in [3.63, 3.8) is 0 Å². The third kappa shape index (κ3) is 2.93. The quantitative estimate of drug-likeness (QED) is 0.564. The Bertz CT molecular complexity index is 859. The number of carbonyl (C=O) groups excluding carboxylic acids is 3. The lowest BCUT2D eigenvalue weighted by molar-refractivity contribution is -0.134. The Hall–Kier alpha value is -2.63. The molecule has 1 saturated heterocycles. The molecule has 0 N–H and O–H groups in total. The first kappa shape index (κ1) is 19.1. The van der Waals surface area contributed by atoms with Crippen molar-refractivity contribution in [1.82, 2.24) is 9.80 Å². The standard InChI is InChI=1S/C21H27N3O3/c1-12-8-17-15(13(2)11-21(3,4)24(17)7)9-14(12)10-16-18(25)22(5)20(27)23(6)19(16)26/h8-10,13H,11H2,1-7H3/t13-/m0/s1. The first-order valence-electron chi connectivity index (χ1n) is 9.16. The van der Waals surface area contributed by atoms with Crippen LogP contribution in [0.1, 0.15) is 49.8 Å². The number of hydrogen-bond acceptors (Lipinski definition) is 4. The van der Waals surface area contributed by atoms with Gasteiger partial charge in [-0.15, -0.1) is 0 Å². The van der Waals surface area contributed by atoms with Crippen LogP contribution in [-0.2, 0) is 9.59 Å². The van der Waals surface area contributed by atoms with Gasteiger partial charge in [-0.25, -0.2) is 4.79 Å². The van der Waals surface area contributed by atoms with Crippen LogP contribution in [0, 0.1) is 6.92 Å². The van der Waals surface area contributed by atoms with Gasteiger partial charge in [0.1, 0.15) is 5.57 Å². The molecule has 1 aromatic rings. The molecule has 0 radical (unpaired) electrons. The van der Waals surface area contributed by atoms with Crippen LogP contribution < -0.4 is 4.90 Å². The number of barbiturate groups is 1. The van der Waals surface area contributed by atoms with Crippen LogP contribution in [-0.4, -0.2) is 54.3 Å². The largest absolute Gasteiger partial charge is 0.369 e. The summed E-state index contributed by atoms with van der Waals surface area (Å²) < 4.78 is 0. The lowest BCUT2D eigenvalue weighted by atomic mass is 9.79. The van der Waals surface area contributed by atoms with Crippen molar-refractivity contribution in [3.8, 4) is 0 Å². The summed E-state index contributed by atoms with van der Waals surface area (Å²) in [6.07, 6.45) is 2.64. The molecule has 0 bridgehead atoms. The van der Waals surface area contributed by atoms with Crippen LogP contribution in [0.15, 0.2) is 17.7 Å². The molecule has 0 saturated carbocycles. The van der Waals surface area contributed by atoms with Crippen LogP contribution in [0.3, 0.4) is 0 Å². The fourth-order valence-corrected chi connectivity index (χ4v) is 4.02. The fourth-order valence-electron chi connectivity index (χ4n) is 4.02. The summed E-state index contributed by atoms with van der Waals surface area (Å²) in [6.45, 7) is 8.65. The Morgan fingerprint density at radius 1 is 1.04 bits per heavy atom. The first-order chi connectivity index (χ1) is 12.5. The first-order valence-corrected chi connectivity index (χ1v) is 9.16. The Kier molecular flexibility index (Phi) is 4.41. The van der Waals surface area contributed by atoms with E-state index in [4.69, 9.17) is 0 Å². The molecule has 1 aromatic carbocycles. The van der Waals surface area contributed by atoms with E-state index < -0.39 is 17.8 Å². The molecule has 144 valence electrons. The van der Waals surface area contributed by atoms with Gasteiger partial charge < -0.3 is 4.90 Å². The fraction of sp³-hybridized carbons (Fsp3) is 0.476. The van der Waals surface area contributed by atoms with Crippen LogP contribution >= 0.6 is 0 Å². The van der Waals surface area contributed by atoms with E-state index >= 15 is 0 Å².